The summed E-state index contributed by atoms with van der Waals surface area (Å²) in [6.07, 6.45) is -4.85. The van der Waals surface area contributed by atoms with Crippen molar-refractivity contribution in [2.75, 3.05) is 12.4 Å². The summed E-state index contributed by atoms with van der Waals surface area (Å²) in [6, 6.07) is 3.96. The van der Waals surface area contributed by atoms with Crippen molar-refractivity contribution in [2.24, 2.45) is 0 Å². The Balaban J connectivity index is 2.62. The minimum absolute atomic E-state index is 0.121. The third-order valence-corrected chi connectivity index (χ3v) is 3.19. The average molecular weight is 366 g/mol. The fourth-order valence-electron chi connectivity index (χ4n) is 1.31. The van der Waals surface area contributed by atoms with E-state index in [1.54, 1.807) is 0 Å². The van der Waals surface area contributed by atoms with Crippen LogP contribution in [0.5, 0.6) is 0 Å². The van der Waals surface area contributed by atoms with Gasteiger partial charge in [0.05, 0.1) is 5.56 Å². The van der Waals surface area contributed by atoms with Crippen LogP contribution in [0.1, 0.15) is 12.5 Å². The summed E-state index contributed by atoms with van der Waals surface area (Å²) in [5, 5.41) is 2.10. The van der Waals surface area contributed by atoms with Gasteiger partial charge in [0.2, 0.25) is 0 Å². The van der Waals surface area contributed by atoms with Crippen LogP contribution in [0.4, 0.5) is 23.7 Å². The molecule has 0 spiro atoms. The summed E-state index contributed by atoms with van der Waals surface area (Å²) in [4.78, 5) is 11.5. The highest BCUT2D eigenvalue weighted by Gasteiger charge is 2.30. The molecule has 7 nitrogen and oxygen atoms in total. The van der Waals surface area contributed by atoms with E-state index in [1.807, 2.05) is 10.8 Å². The molecule has 0 aromatic heterocycles. The van der Waals surface area contributed by atoms with Crippen LogP contribution < -0.4 is 10.0 Å². The maximum atomic E-state index is 12.6. The summed E-state index contributed by atoms with van der Waals surface area (Å²) in [5.41, 5.74) is -1.05. The Hall–Kier alpha value is -2.45. The highest BCUT2D eigenvalue weighted by atomic mass is 32.2. The Kier molecular flexibility index (Phi) is 6.44. The summed E-state index contributed by atoms with van der Waals surface area (Å²) in [7, 11) is -2.89. The van der Waals surface area contributed by atoms with Crippen LogP contribution in [-0.2, 0) is 25.4 Å². The van der Waals surface area contributed by atoms with Crippen molar-refractivity contribution < 1.29 is 35.3 Å². The quantitative estimate of drug-likeness (QED) is 0.796. The maximum absolute atomic E-state index is 12.6. The Morgan fingerprint density at radius 2 is 2.00 bits per heavy atom. The van der Waals surface area contributed by atoms with Crippen molar-refractivity contribution in [3.8, 4) is 12.0 Å². The van der Waals surface area contributed by atoms with Gasteiger partial charge in [-0.25, -0.2) is 4.79 Å². The third kappa shape index (κ3) is 6.76. The van der Waals surface area contributed by atoms with Crippen LogP contribution in [0.15, 0.2) is 24.3 Å². The third-order valence-electron chi connectivity index (χ3n) is 2.38. The molecule has 1 aromatic rings. The largest absolute Gasteiger partial charge is 0.433 e. The number of alkyl halides is 3. The SMILES string of the molecule is CNS(=O)(=O)OC#CC(C)OC(=O)Nc1cccc(C(F)(F)F)c1. The zero-order chi connectivity index (χ0) is 18.4. The molecule has 1 amide bonds. The summed E-state index contributed by atoms with van der Waals surface area (Å²) in [6.45, 7) is 1.31. The summed E-state index contributed by atoms with van der Waals surface area (Å²) < 4.78 is 70.2. The Morgan fingerprint density at radius 3 is 2.58 bits per heavy atom. The van der Waals surface area contributed by atoms with E-state index in [1.165, 1.54) is 13.0 Å². The fourth-order valence-corrected chi connectivity index (χ4v) is 1.56. The van der Waals surface area contributed by atoms with E-state index in [0.717, 1.165) is 25.2 Å². The second-order valence-corrected chi connectivity index (χ2v) is 5.72. The summed E-state index contributed by atoms with van der Waals surface area (Å²) in [5.74, 6) is 2.17. The van der Waals surface area contributed by atoms with Gasteiger partial charge < -0.3 is 8.92 Å². The highest BCUT2D eigenvalue weighted by molar-refractivity contribution is 7.84. The standard InChI is InChI=1S/C13H13F3N2O5S/c1-9(6-7-22-24(20,21)17-2)23-12(19)18-11-5-3-4-10(8-11)13(14,15)16/h3-5,8-9,17H,1-2H3,(H,18,19). The first-order chi connectivity index (χ1) is 11.0. The van der Waals surface area contributed by atoms with E-state index in [9.17, 15) is 26.4 Å². The van der Waals surface area contributed by atoms with Gasteiger partial charge in [0.15, 0.2) is 6.10 Å². The van der Waals surface area contributed by atoms with Crippen LogP contribution in [0.25, 0.3) is 0 Å². The second kappa shape index (κ2) is 7.89. The Bertz CT molecular complexity index is 753. The first-order valence-electron chi connectivity index (χ1n) is 6.31. The molecule has 2 N–H and O–H groups in total. The van der Waals surface area contributed by atoms with E-state index in [0.29, 0.717) is 0 Å². The van der Waals surface area contributed by atoms with Crippen molar-refractivity contribution in [1.29, 1.82) is 0 Å². The number of hydrogen-bond donors (Lipinski definition) is 2. The molecule has 1 atom stereocenters. The molecule has 0 saturated heterocycles. The molecule has 1 rings (SSSR count). The van der Waals surface area contributed by atoms with Gasteiger partial charge in [0, 0.05) is 12.7 Å². The van der Waals surface area contributed by atoms with Crippen molar-refractivity contribution in [3.63, 3.8) is 0 Å². The van der Waals surface area contributed by atoms with E-state index in [2.05, 4.69) is 15.4 Å². The van der Waals surface area contributed by atoms with Crippen LogP contribution in [0.2, 0.25) is 0 Å². The number of hydrogen-bond acceptors (Lipinski definition) is 5. The number of carbonyl (C=O) groups is 1. The highest BCUT2D eigenvalue weighted by Crippen LogP contribution is 2.30. The molecular formula is C13H13F3N2O5S. The minimum atomic E-state index is -4.55. The number of amides is 1. The predicted molar refractivity (Wildman–Crippen MR) is 77.9 cm³/mol. The normalized spacial score (nSPS) is 12.5. The molecule has 0 saturated carbocycles. The number of benzene rings is 1. The van der Waals surface area contributed by atoms with Crippen molar-refractivity contribution >= 4 is 22.1 Å². The van der Waals surface area contributed by atoms with E-state index >= 15 is 0 Å². The maximum Gasteiger partial charge on any atom is 0.416 e. The first-order valence-corrected chi connectivity index (χ1v) is 7.71. The Morgan fingerprint density at radius 1 is 1.33 bits per heavy atom. The number of ether oxygens (including phenoxy) is 1. The molecule has 0 aliphatic heterocycles. The molecule has 1 aromatic carbocycles. The van der Waals surface area contributed by atoms with Crippen LogP contribution in [0.3, 0.4) is 0 Å². The fraction of sp³-hybridized carbons (Fsp3) is 0.308. The van der Waals surface area contributed by atoms with Crippen LogP contribution in [-0.4, -0.2) is 27.7 Å². The van der Waals surface area contributed by atoms with Crippen molar-refractivity contribution in [2.45, 2.75) is 19.2 Å². The lowest BCUT2D eigenvalue weighted by Crippen LogP contribution is -2.21. The molecule has 24 heavy (non-hydrogen) atoms. The zero-order valence-electron chi connectivity index (χ0n) is 12.5. The van der Waals surface area contributed by atoms with Gasteiger partial charge in [-0.05, 0) is 31.0 Å². The monoisotopic (exact) mass is 366 g/mol. The lowest BCUT2D eigenvalue weighted by Gasteiger charge is -2.11. The van der Waals surface area contributed by atoms with Gasteiger partial charge in [-0.15, -0.1) is 0 Å². The van der Waals surface area contributed by atoms with Crippen LogP contribution >= 0.6 is 0 Å². The zero-order valence-corrected chi connectivity index (χ0v) is 13.3. The predicted octanol–water partition coefficient (Wildman–Crippen LogP) is 2.08. The molecule has 0 radical (unpaired) electrons. The van der Waals surface area contributed by atoms with Gasteiger partial charge in [-0.3, -0.25) is 5.32 Å². The van der Waals surface area contributed by atoms with Gasteiger partial charge in [-0.1, -0.05) is 6.07 Å². The van der Waals surface area contributed by atoms with Gasteiger partial charge >= 0.3 is 22.6 Å². The van der Waals surface area contributed by atoms with Gasteiger partial charge in [0.25, 0.3) is 0 Å². The number of nitrogens with one attached hydrogen (secondary N) is 2. The van der Waals surface area contributed by atoms with Crippen molar-refractivity contribution in [3.05, 3.63) is 29.8 Å². The molecule has 0 fully saturated rings. The number of halogens is 3. The molecular weight excluding hydrogens is 353 g/mol. The molecule has 0 aliphatic carbocycles. The first kappa shape index (κ1) is 19.6. The van der Waals surface area contributed by atoms with E-state index < -0.39 is 34.2 Å². The lowest BCUT2D eigenvalue weighted by molar-refractivity contribution is -0.137. The van der Waals surface area contributed by atoms with Crippen molar-refractivity contribution in [1.82, 2.24) is 4.72 Å². The number of carbonyl (C=O) groups excluding carboxylic acids is 1. The molecule has 11 heteroatoms. The second-order valence-electron chi connectivity index (χ2n) is 4.24. The van der Waals surface area contributed by atoms with Crippen LogP contribution in [0, 0.1) is 12.0 Å². The van der Waals surface area contributed by atoms with Gasteiger partial charge in [0.1, 0.15) is 6.11 Å². The number of anilines is 1. The molecule has 0 aliphatic rings. The average Bonchev–Trinajstić information content (AvgIpc) is 2.46. The smallest absolute Gasteiger partial charge is 0.416 e. The molecule has 132 valence electrons. The topological polar surface area (TPSA) is 93.7 Å². The van der Waals surface area contributed by atoms with E-state index in [-0.39, 0.29) is 5.69 Å². The summed E-state index contributed by atoms with van der Waals surface area (Å²) >= 11 is 0. The van der Waals surface area contributed by atoms with Gasteiger partial charge in [-0.2, -0.15) is 26.3 Å². The number of rotatable bonds is 4. The molecule has 1 unspecified atom stereocenters. The van der Waals surface area contributed by atoms with E-state index in [4.69, 9.17) is 4.74 Å². The minimum Gasteiger partial charge on any atom is -0.433 e. The Labute approximate surface area is 136 Å². The molecule has 0 heterocycles. The lowest BCUT2D eigenvalue weighted by atomic mass is 10.2. The molecule has 0 bridgehead atoms.